The van der Waals surface area contributed by atoms with Crippen LogP contribution in [-0.4, -0.2) is 25.7 Å². The standard InChI is InChI=1S/C11H17BrN2O3S/c1-3-11(2,7-15)14-18(16,17)10-6-8(13)4-5-9(10)12/h4-6,14-15H,3,7,13H2,1-2H3. The zero-order chi connectivity index (χ0) is 14.0. The smallest absolute Gasteiger partial charge is 0.242 e. The molecule has 102 valence electrons. The third-order valence-electron chi connectivity index (χ3n) is 2.75. The van der Waals surface area contributed by atoms with E-state index in [1.807, 2.05) is 0 Å². The Morgan fingerprint density at radius 1 is 1.50 bits per heavy atom. The number of anilines is 1. The number of nitrogen functional groups attached to an aromatic ring is 1. The summed E-state index contributed by atoms with van der Waals surface area (Å²) in [5.41, 5.74) is 5.07. The predicted molar refractivity (Wildman–Crippen MR) is 74.7 cm³/mol. The molecule has 0 spiro atoms. The minimum absolute atomic E-state index is 0.0654. The van der Waals surface area contributed by atoms with Gasteiger partial charge in [-0.25, -0.2) is 13.1 Å². The molecular weight excluding hydrogens is 320 g/mol. The van der Waals surface area contributed by atoms with Crippen molar-refractivity contribution in [3.63, 3.8) is 0 Å². The Hall–Kier alpha value is -0.630. The topological polar surface area (TPSA) is 92.4 Å². The Morgan fingerprint density at radius 3 is 2.61 bits per heavy atom. The fourth-order valence-corrected chi connectivity index (χ4v) is 3.79. The number of hydrogen-bond acceptors (Lipinski definition) is 4. The molecule has 0 saturated carbocycles. The number of benzene rings is 1. The van der Waals surface area contributed by atoms with Crippen molar-refractivity contribution >= 4 is 31.6 Å². The first-order chi connectivity index (χ1) is 8.24. The fraction of sp³-hybridized carbons (Fsp3) is 0.455. The van der Waals surface area contributed by atoms with Crippen LogP contribution in [0.2, 0.25) is 0 Å². The van der Waals surface area contributed by atoms with Crippen LogP contribution in [0.25, 0.3) is 0 Å². The van der Waals surface area contributed by atoms with Crippen LogP contribution < -0.4 is 10.5 Å². The van der Waals surface area contributed by atoms with E-state index in [4.69, 9.17) is 5.73 Å². The molecule has 1 unspecified atom stereocenters. The van der Waals surface area contributed by atoms with Crippen molar-refractivity contribution in [3.05, 3.63) is 22.7 Å². The Balaban J connectivity index is 3.18. The fourth-order valence-electron chi connectivity index (χ4n) is 1.32. The van der Waals surface area contributed by atoms with Gasteiger partial charge in [-0.05, 0) is 47.5 Å². The van der Waals surface area contributed by atoms with Crippen molar-refractivity contribution in [2.75, 3.05) is 12.3 Å². The summed E-state index contributed by atoms with van der Waals surface area (Å²) < 4.78 is 27.4. The highest BCUT2D eigenvalue weighted by atomic mass is 79.9. The van der Waals surface area contributed by atoms with Gasteiger partial charge in [-0.1, -0.05) is 6.92 Å². The Labute approximate surface area is 116 Å². The highest BCUT2D eigenvalue weighted by Crippen LogP contribution is 2.25. The van der Waals surface area contributed by atoms with E-state index in [2.05, 4.69) is 20.7 Å². The van der Waals surface area contributed by atoms with Crippen LogP contribution in [0.15, 0.2) is 27.6 Å². The molecule has 0 bridgehead atoms. The molecular formula is C11H17BrN2O3S. The summed E-state index contributed by atoms with van der Waals surface area (Å²) in [6, 6.07) is 4.56. The molecule has 0 fully saturated rings. The van der Waals surface area contributed by atoms with E-state index in [0.717, 1.165) is 0 Å². The first-order valence-corrected chi connectivity index (χ1v) is 7.71. The first-order valence-electron chi connectivity index (χ1n) is 5.44. The molecule has 0 aliphatic heterocycles. The van der Waals surface area contributed by atoms with E-state index < -0.39 is 15.6 Å². The Bertz CT molecular complexity index is 527. The number of nitrogens with two attached hydrogens (primary N) is 1. The highest BCUT2D eigenvalue weighted by molar-refractivity contribution is 9.10. The molecule has 5 nitrogen and oxygen atoms in total. The van der Waals surface area contributed by atoms with Gasteiger partial charge >= 0.3 is 0 Å². The molecule has 4 N–H and O–H groups in total. The monoisotopic (exact) mass is 336 g/mol. The number of aliphatic hydroxyl groups is 1. The summed E-state index contributed by atoms with van der Waals surface area (Å²) in [5.74, 6) is 0. The number of sulfonamides is 1. The average molecular weight is 337 g/mol. The Morgan fingerprint density at radius 2 is 2.11 bits per heavy atom. The molecule has 0 radical (unpaired) electrons. The summed E-state index contributed by atoms with van der Waals surface area (Å²) in [4.78, 5) is 0.0654. The van der Waals surface area contributed by atoms with Gasteiger partial charge in [0.05, 0.1) is 17.0 Å². The van der Waals surface area contributed by atoms with Crippen LogP contribution in [0, 0.1) is 0 Å². The molecule has 0 amide bonds. The molecule has 0 aromatic heterocycles. The quantitative estimate of drug-likeness (QED) is 0.710. The minimum Gasteiger partial charge on any atom is -0.399 e. The second kappa shape index (κ2) is 5.56. The van der Waals surface area contributed by atoms with E-state index in [1.54, 1.807) is 26.0 Å². The molecule has 1 aromatic carbocycles. The van der Waals surface area contributed by atoms with Gasteiger partial charge in [-0.3, -0.25) is 0 Å². The first kappa shape index (κ1) is 15.4. The average Bonchev–Trinajstić information content (AvgIpc) is 2.31. The molecule has 1 atom stereocenters. The zero-order valence-electron chi connectivity index (χ0n) is 10.3. The lowest BCUT2D eigenvalue weighted by Gasteiger charge is -2.27. The molecule has 1 rings (SSSR count). The van der Waals surface area contributed by atoms with Crippen LogP contribution >= 0.6 is 15.9 Å². The van der Waals surface area contributed by atoms with Gasteiger partial charge in [-0.2, -0.15) is 0 Å². The molecule has 0 saturated heterocycles. The number of rotatable bonds is 5. The largest absolute Gasteiger partial charge is 0.399 e. The number of aliphatic hydroxyl groups excluding tert-OH is 1. The SMILES string of the molecule is CCC(C)(CO)NS(=O)(=O)c1cc(N)ccc1Br. The molecule has 1 aromatic rings. The molecule has 0 heterocycles. The van der Waals surface area contributed by atoms with Crippen molar-refractivity contribution in [2.45, 2.75) is 30.7 Å². The lowest BCUT2D eigenvalue weighted by molar-refractivity contribution is 0.191. The van der Waals surface area contributed by atoms with Gasteiger partial charge in [0.1, 0.15) is 0 Å². The van der Waals surface area contributed by atoms with Gasteiger partial charge in [-0.15, -0.1) is 0 Å². The zero-order valence-corrected chi connectivity index (χ0v) is 12.7. The highest BCUT2D eigenvalue weighted by Gasteiger charge is 2.29. The number of hydrogen-bond donors (Lipinski definition) is 3. The van der Waals surface area contributed by atoms with Crippen LogP contribution in [0.3, 0.4) is 0 Å². The van der Waals surface area contributed by atoms with E-state index in [9.17, 15) is 13.5 Å². The van der Waals surface area contributed by atoms with E-state index in [0.29, 0.717) is 16.6 Å². The van der Waals surface area contributed by atoms with Gasteiger partial charge in [0.15, 0.2) is 0 Å². The van der Waals surface area contributed by atoms with Gasteiger partial charge in [0, 0.05) is 10.2 Å². The second-order valence-corrected chi connectivity index (χ2v) is 6.87. The molecule has 0 aliphatic rings. The minimum atomic E-state index is -3.73. The summed E-state index contributed by atoms with van der Waals surface area (Å²) >= 11 is 3.18. The van der Waals surface area contributed by atoms with Gasteiger partial charge < -0.3 is 10.8 Å². The summed E-state index contributed by atoms with van der Waals surface area (Å²) in [7, 11) is -3.73. The van der Waals surface area contributed by atoms with Crippen LogP contribution in [0.4, 0.5) is 5.69 Å². The predicted octanol–water partition coefficient (Wildman–Crippen LogP) is 1.47. The number of halogens is 1. The Kier molecular flexibility index (Phi) is 4.77. The van der Waals surface area contributed by atoms with E-state index in [-0.39, 0.29) is 11.5 Å². The van der Waals surface area contributed by atoms with E-state index in [1.165, 1.54) is 6.07 Å². The van der Waals surface area contributed by atoms with Crippen LogP contribution in [-0.2, 0) is 10.0 Å². The molecule has 7 heteroatoms. The van der Waals surface area contributed by atoms with Crippen molar-refractivity contribution in [3.8, 4) is 0 Å². The lowest BCUT2D eigenvalue weighted by atomic mass is 10.0. The van der Waals surface area contributed by atoms with Crippen molar-refractivity contribution < 1.29 is 13.5 Å². The summed E-state index contributed by atoms with van der Waals surface area (Å²) in [6.07, 6.45) is 0.475. The summed E-state index contributed by atoms with van der Waals surface area (Å²) in [5, 5.41) is 9.26. The van der Waals surface area contributed by atoms with Crippen molar-refractivity contribution in [1.29, 1.82) is 0 Å². The molecule has 0 aliphatic carbocycles. The maximum absolute atomic E-state index is 12.2. The third-order valence-corrected chi connectivity index (χ3v) is 5.39. The number of nitrogens with one attached hydrogen (secondary N) is 1. The maximum Gasteiger partial charge on any atom is 0.242 e. The van der Waals surface area contributed by atoms with Gasteiger partial charge in [0.25, 0.3) is 0 Å². The normalized spacial score (nSPS) is 15.3. The molecule has 18 heavy (non-hydrogen) atoms. The lowest BCUT2D eigenvalue weighted by Crippen LogP contribution is -2.48. The van der Waals surface area contributed by atoms with E-state index >= 15 is 0 Å². The van der Waals surface area contributed by atoms with Crippen molar-refractivity contribution in [1.82, 2.24) is 4.72 Å². The third kappa shape index (κ3) is 3.44. The van der Waals surface area contributed by atoms with Crippen LogP contribution in [0.5, 0.6) is 0 Å². The van der Waals surface area contributed by atoms with Gasteiger partial charge in [0.2, 0.25) is 10.0 Å². The van der Waals surface area contributed by atoms with Crippen LogP contribution in [0.1, 0.15) is 20.3 Å². The summed E-state index contributed by atoms with van der Waals surface area (Å²) in [6.45, 7) is 3.17. The maximum atomic E-state index is 12.2. The van der Waals surface area contributed by atoms with Crippen molar-refractivity contribution in [2.24, 2.45) is 0 Å². The second-order valence-electron chi connectivity index (χ2n) is 4.37.